The lowest BCUT2D eigenvalue weighted by Crippen LogP contribution is -2.31. The maximum absolute atomic E-state index is 11.5. The van der Waals surface area contributed by atoms with Crippen molar-refractivity contribution in [2.75, 3.05) is 12.3 Å². The minimum Gasteiger partial charge on any atom is -0.394 e. The topological polar surface area (TPSA) is 344 Å². The van der Waals surface area contributed by atoms with Gasteiger partial charge in [-0.1, -0.05) is 0 Å². The number of ether oxygens (including phenoxy) is 1. The highest BCUT2D eigenvalue weighted by atomic mass is 31.2. The summed E-state index contributed by atoms with van der Waals surface area (Å²) in [6, 6.07) is 1.45. The average molecular weight is 521 g/mol. The van der Waals surface area contributed by atoms with E-state index in [-0.39, 0.29) is 18.8 Å². The van der Waals surface area contributed by atoms with Crippen molar-refractivity contribution in [3.05, 3.63) is 22.7 Å². The molecule has 2 heterocycles. The molecule has 13 N–H and O–H groups in total. The third-order valence-electron chi connectivity index (χ3n) is 2.49. The normalized spacial score (nSPS) is 20.9. The Balaban J connectivity index is 0. The lowest BCUT2D eigenvalue weighted by atomic mass is 10.2. The Bertz CT molecular complexity index is 787. The summed E-state index contributed by atoms with van der Waals surface area (Å²) in [6.07, 6.45) is -0.390. The van der Waals surface area contributed by atoms with E-state index in [9.17, 15) is 9.90 Å². The third-order valence-corrected chi connectivity index (χ3v) is 2.49. The van der Waals surface area contributed by atoms with Crippen LogP contribution in [0.4, 0.5) is 5.82 Å². The van der Waals surface area contributed by atoms with Crippen LogP contribution in [-0.2, 0) is 18.4 Å². The molecule has 31 heavy (non-hydrogen) atoms. The Morgan fingerprint density at radius 1 is 1.00 bits per heavy atom. The van der Waals surface area contributed by atoms with Gasteiger partial charge in [0.05, 0.1) is 12.7 Å². The molecule has 0 aromatic carbocycles. The summed E-state index contributed by atoms with van der Waals surface area (Å²) in [5.41, 5.74) is 4.77. The highest BCUT2D eigenvalue weighted by Crippen LogP contribution is 2.28. The van der Waals surface area contributed by atoms with Crippen molar-refractivity contribution in [3.8, 4) is 0 Å². The zero-order valence-electron chi connectivity index (χ0n) is 15.1. The van der Waals surface area contributed by atoms with E-state index in [1.807, 2.05) is 0 Å². The molecule has 1 saturated heterocycles. The predicted molar refractivity (Wildman–Crippen MR) is 97.3 cm³/mol. The van der Waals surface area contributed by atoms with Crippen molar-refractivity contribution in [3.63, 3.8) is 0 Å². The molecule has 1 aliphatic heterocycles. The van der Waals surface area contributed by atoms with Crippen LogP contribution in [0.2, 0.25) is 0 Å². The van der Waals surface area contributed by atoms with Gasteiger partial charge in [0.2, 0.25) is 0 Å². The van der Waals surface area contributed by atoms with Crippen LogP contribution in [0, 0.1) is 0 Å². The zero-order valence-corrected chi connectivity index (χ0v) is 17.8. The number of nitrogen functional groups attached to an aromatic ring is 1. The Labute approximate surface area is 172 Å². The van der Waals surface area contributed by atoms with Gasteiger partial charge in [0.1, 0.15) is 11.9 Å². The molecule has 22 heteroatoms. The van der Waals surface area contributed by atoms with Crippen molar-refractivity contribution in [1.82, 2.24) is 9.55 Å². The van der Waals surface area contributed by atoms with Crippen LogP contribution in [0.3, 0.4) is 0 Å². The first-order valence-corrected chi connectivity index (χ1v) is 11.9. The molecule has 0 radical (unpaired) electrons. The Morgan fingerprint density at radius 2 is 1.39 bits per heavy atom. The molecule has 1 aliphatic rings. The predicted octanol–water partition coefficient (Wildman–Crippen LogP) is -4.32. The van der Waals surface area contributed by atoms with Gasteiger partial charge in [-0.25, -0.2) is 18.5 Å². The molecular weight excluding hydrogens is 499 g/mol. The second-order valence-electron chi connectivity index (χ2n) is 5.22. The molecule has 1 aromatic heterocycles. The Kier molecular flexibility index (Phi) is 13.9. The molecular formula is C9H22N3O16P3. The third kappa shape index (κ3) is 23.4. The fraction of sp³-hybridized carbons (Fsp3) is 0.556. The van der Waals surface area contributed by atoms with Crippen molar-refractivity contribution in [1.29, 1.82) is 0 Å². The van der Waals surface area contributed by atoms with Crippen LogP contribution in [0.15, 0.2) is 17.1 Å². The second-order valence-corrected chi connectivity index (χ2v) is 8.30. The number of aliphatic hydroxyl groups is 2. The van der Waals surface area contributed by atoms with Crippen molar-refractivity contribution in [2.24, 2.45) is 0 Å². The first kappa shape index (κ1) is 32.1. The number of hydrogen-bond donors (Lipinski definition) is 12. The zero-order chi connectivity index (χ0) is 25.2. The molecule has 1 aromatic rings. The Hall–Kier alpha value is -1.11. The molecule has 184 valence electrons. The summed E-state index contributed by atoms with van der Waals surface area (Å²) in [5.74, 6) is 0.118. The average Bonchev–Trinajstić information content (AvgIpc) is 2.83. The molecule has 0 saturated carbocycles. The monoisotopic (exact) mass is 521 g/mol. The highest BCUT2D eigenvalue weighted by molar-refractivity contribution is 7.45. The first-order valence-electron chi connectivity index (χ1n) is 7.25. The fourth-order valence-electron chi connectivity index (χ4n) is 1.72. The molecule has 0 amide bonds. The standard InChI is InChI=1S/C9H13N3O4.3H3O4P/c10-7-1-2-12(9(15)11-7)8-6(14)3-5(4-13)16-8;3*1-5(2,3)4/h1-2,5-6,8,13-14H,3-4H2,(H2,10,11,15);3*(H3,1,2,3,4)/t5-,6+,8+;;;/m0.../s1. The maximum atomic E-state index is 11.5. The van der Waals surface area contributed by atoms with E-state index in [1.54, 1.807) is 0 Å². The quantitative estimate of drug-likeness (QED) is 0.164. The van der Waals surface area contributed by atoms with E-state index in [0.717, 1.165) is 4.57 Å². The summed E-state index contributed by atoms with van der Waals surface area (Å²) in [4.78, 5) is 79.7. The molecule has 0 spiro atoms. The van der Waals surface area contributed by atoms with E-state index < -0.39 is 47.6 Å². The van der Waals surface area contributed by atoms with Crippen molar-refractivity contribution in [2.45, 2.75) is 24.9 Å². The highest BCUT2D eigenvalue weighted by Gasteiger charge is 2.35. The van der Waals surface area contributed by atoms with Crippen LogP contribution in [-0.4, -0.2) is 82.6 Å². The van der Waals surface area contributed by atoms with Crippen molar-refractivity contribution < 1.29 is 72.7 Å². The number of anilines is 1. The van der Waals surface area contributed by atoms with Gasteiger partial charge >= 0.3 is 29.2 Å². The van der Waals surface area contributed by atoms with Crippen LogP contribution >= 0.6 is 23.5 Å². The number of rotatable bonds is 2. The van der Waals surface area contributed by atoms with E-state index in [0.29, 0.717) is 0 Å². The van der Waals surface area contributed by atoms with Gasteiger partial charge in [0, 0.05) is 12.6 Å². The van der Waals surface area contributed by atoms with Gasteiger partial charge in [-0.15, -0.1) is 0 Å². The summed E-state index contributed by atoms with van der Waals surface area (Å²) >= 11 is 0. The molecule has 1 fully saturated rings. The van der Waals surface area contributed by atoms with Gasteiger partial charge in [-0.2, -0.15) is 4.98 Å². The lowest BCUT2D eigenvalue weighted by molar-refractivity contribution is -0.0529. The SMILES string of the molecule is Nc1ccn([C@@H]2O[C@H](CO)C[C@H]2O)c(=O)n1.O=P(O)(O)O.O=P(O)(O)O.O=P(O)(O)O. The van der Waals surface area contributed by atoms with Crippen LogP contribution in [0.25, 0.3) is 0 Å². The number of phosphoric acid groups is 3. The maximum Gasteiger partial charge on any atom is 0.466 e. The lowest BCUT2D eigenvalue weighted by Gasteiger charge is -2.16. The second kappa shape index (κ2) is 13.4. The fourth-order valence-corrected chi connectivity index (χ4v) is 1.72. The van der Waals surface area contributed by atoms with E-state index in [4.69, 9.17) is 73.3 Å². The van der Waals surface area contributed by atoms with Crippen LogP contribution in [0.5, 0.6) is 0 Å². The van der Waals surface area contributed by atoms with Gasteiger partial charge in [0.25, 0.3) is 0 Å². The smallest absolute Gasteiger partial charge is 0.394 e. The number of aromatic nitrogens is 2. The molecule has 0 aliphatic carbocycles. The van der Waals surface area contributed by atoms with E-state index in [2.05, 4.69) is 4.98 Å². The Morgan fingerprint density at radius 3 is 1.68 bits per heavy atom. The number of aliphatic hydroxyl groups excluding tert-OH is 2. The van der Waals surface area contributed by atoms with Gasteiger partial charge in [-0.3, -0.25) is 4.57 Å². The number of nitrogens with two attached hydrogens (primary N) is 1. The molecule has 0 unspecified atom stereocenters. The van der Waals surface area contributed by atoms with Crippen LogP contribution in [0.1, 0.15) is 12.6 Å². The molecule has 2 rings (SSSR count). The minimum atomic E-state index is -4.64. The first-order chi connectivity index (χ1) is 13.6. The molecule has 3 atom stereocenters. The van der Waals surface area contributed by atoms with Gasteiger partial charge in [-0.05, 0) is 6.07 Å². The van der Waals surface area contributed by atoms with Gasteiger partial charge in [0.15, 0.2) is 6.23 Å². The molecule has 0 bridgehead atoms. The number of nitrogens with zero attached hydrogens (tertiary/aromatic N) is 2. The summed E-state index contributed by atoms with van der Waals surface area (Å²) in [7, 11) is -13.9. The summed E-state index contributed by atoms with van der Waals surface area (Å²) < 4.78 is 33.1. The van der Waals surface area contributed by atoms with Crippen molar-refractivity contribution >= 4 is 29.3 Å². The summed E-state index contributed by atoms with van der Waals surface area (Å²) in [6.45, 7) is -0.190. The van der Waals surface area contributed by atoms with E-state index in [1.165, 1.54) is 12.3 Å². The van der Waals surface area contributed by atoms with Gasteiger partial charge < -0.3 is 64.7 Å². The molecule has 19 nitrogen and oxygen atoms in total. The van der Waals surface area contributed by atoms with E-state index >= 15 is 0 Å². The summed E-state index contributed by atoms with van der Waals surface area (Å²) in [5, 5.41) is 18.6. The van der Waals surface area contributed by atoms with Crippen LogP contribution < -0.4 is 11.4 Å². The largest absolute Gasteiger partial charge is 0.466 e. The minimum absolute atomic E-state index is 0.118. The number of hydrogen-bond acceptors (Lipinski definition) is 9.